The van der Waals surface area contributed by atoms with E-state index in [0.717, 1.165) is 31.9 Å². The molecule has 12 heteroatoms. The zero-order chi connectivity index (χ0) is 26.1. The number of rotatable bonds is 7. The zero-order valence-corrected chi connectivity index (χ0v) is 21.2. The Labute approximate surface area is 213 Å². The number of aromatic nitrogens is 7. The number of pyridine rings is 1. The Morgan fingerprint density at radius 3 is 2.51 bits per heavy atom. The number of hydrogen-bond donors (Lipinski definition) is 1. The lowest BCUT2D eigenvalue weighted by Crippen LogP contribution is -2.44. The zero-order valence-electron chi connectivity index (χ0n) is 21.2. The molecule has 0 amide bonds. The number of likely N-dealkylation sites (N-methyl/N-ethyl adjacent to an activating group) is 1. The Morgan fingerprint density at radius 1 is 1.05 bits per heavy atom. The fourth-order valence-corrected chi connectivity index (χ4v) is 4.33. The average Bonchev–Trinajstić information content (AvgIpc) is 3.16. The summed E-state index contributed by atoms with van der Waals surface area (Å²) in [5, 5.41) is 7.95. The molecule has 192 valence electrons. The van der Waals surface area contributed by atoms with Crippen molar-refractivity contribution in [3.63, 3.8) is 0 Å². The van der Waals surface area contributed by atoms with Crippen molar-refractivity contribution in [2.24, 2.45) is 0 Å². The standard InChI is InChI=1S/C25H30N10O2/c1-5-10-33-24(37)19-16-27-25(28-20-7-6-18(15-26-20)32-13-11-31(4)12-14-32)29-23(19)35(33)21-8-9-22(36)34(30-21)17(2)3/h5-9,15-17H,1,10-14H2,2-4H3,(H,26,27,28,29). The lowest BCUT2D eigenvalue weighted by molar-refractivity contribution is 0.313. The summed E-state index contributed by atoms with van der Waals surface area (Å²) in [7, 11) is 2.13. The molecule has 0 unspecified atom stereocenters. The van der Waals surface area contributed by atoms with Gasteiger partial charge >= 0.3 is 0 Å². The van der Waals surface area contributed by atoms with Crippen molar-refractivity contribution in [1.29, 1.82) is 0 Å². The molecule has 12 nitrogen and oxygen atoms in total. The molecule has 37 heavy (non-hydrogen) atoms. The summed E-state index contributed by atoms with van der Waals surface area (Å²) in [5.41, 5.74) is 0.924. The van der Waals surface area contributed by atoms with Crippen LogP contribution < -0.4 is 21.3 Å². The number of piperazine rings is 1. The van der Waals surface area contributed by atoms with E-state index in [9.17, 15) is 9.59 Å². The number of nitrogens with one attached hydrogen (secondary N) is 1. The Hall–Kier alpha value is -4.32. The molecule has 0 aliphatic carbocycles. The largest absolute Gasteiger partial charge is 0.368 e. The second-order valence-electron chi connectivity index (χ2n) is 9.30. The highest BCUT2D eigenvalue weighted by molar-refractivity contribution is 5.76. The second kappa shape index (κ2) is 9.97. The third-order valence-corrected chi connectivity index (χ3v) is 6.35. The minimum atomic E-state index is -0.278. The van der Waals surface area contributed by atoms with Gasteiger partial charge in [0, 0.05) is 38.4 Å². The van der Waals surface area contributed by atoms with E-state index in [1.807, 2.05) is 32.2 Å². The number of anilines is 3. The van der Waals surface area contributed by atoms with E-state index in [1.54, 1.807) is 16.8 Å². The molecule has 4 aromatic heterocycles. The topological polar surface area (TPSA) is 119 Å². The number of hydrogen-bond acceptors (Lipinski definition) is 9. The van der Waals surface area contributed by atoms with E-state index >= 15 is 0 Å². The molecule has 1 aliphatic rings. The second-order valence-corrected chi connectivity index (χ2v) is 9.30. The van der Waals surface area contributed by atoms with Crippen molar-refractivity contribution < 1.29 is 0 Å². The molecule has 0 aromatic carbocycles. The Bertz CT molecular complexity index is 1540. The third kappa shape index (κ3) is 4.75. The maximum atomic E-state index is 13.2. The van der Waals surface area contributed by atoms with Crippen molar-refractivity contribution in [3.05, 3.63) is 70.0 Å². The first kappa shape index (κ1) is 24.4. The summed E-state index contributed by atoms with van der Waals surface area (Å²) in [5.74, 6) is 1.26. The van der Waals surface area contributed by atoms with Gasteiger partial charge in [0.2, 0.25) is 5.95 Å². The number of allylic oxidation sites excluding steroid dienone is 1. The van der Waals surface area contributed by atoms with Crippen molar-refractivity contribution in [3.8, 4) is 5.82 Å². The van der Waals surface area contributed by atoms with Gasteiger partial charge < -0.3 is 15.1 Å². The van der Waals surface area contributed by atoms with Crippen LogP contribution in [0.4, 0.5) is 17.5 Å². The summed E-state index contributed by atoms with van der Waals surface area (Å²) in [6.45, 7) is 11.7. The van der Waals surface area contributed by atoms with Gasteiger partial charge in [0.05, 0.1) is 24.5 Å². The van der Waals surface area contributed by atoms with E-state index in [4.69, 9.17) is 0 Å². The highest BCUT2D eigenvalue weighted by Crippen LogP contribution is 2.20. The Morgan fingerprint density at radius 2 is 1.84 bits per heavy atom. The molecule has 4 aromatic rings. The smallest absolute Gasteiger partial charge is 0.278 e. The molecule has 0 radical (unpaired) electrons. The van der Waals surface area contributed by atoms with Crippen LogP contribution in [0, 0.1) is 0 Å². The molecule has 1 N–H and O–H groups in total. The van der Waals surface area contributed by atoms with E-state index in [-0.39, 0.29) is 29.7 Å². The minimum absolute atomic E-state index is 0.152. The van der Waals surface area contributed by atoms with Crippen molar-refractivity contribution >= 4 is 28.5 Å². The van der Waals surface area contributed by atoms with Crippen molar-refractivity contribution in [2.75, 3.05) is 43.4 Å². The molecule has 1 aliphatic heterocycles. The van der Waals surface area contributed by atoms with Gasteiger partial charge in [-0.1, -0.05) is 6.08 Å². The van der Waals surface area contributed by atoms with Gasteiger partial charge in [0.25, 0.3) is 11.1 Å². The van der Waals surface area contributed by atoms with Crippen LogP contribution in [0.15, 0.2) is 58.9 Å². The number of fused-ring (bicyclic) bond motifs is 1. The highest BCUT2D eigenvalue weighted by Gasteiger charge is 2.19. The predicted octanol–water partition coefficient (Wildman–Crippen LogP) is 1.80. The summed E-state index contributed by atoms with van der Waals surface area (Å²) in [6, 6.07) is 6.77. The van der Waals surface area contributed by atoms with Crippen molar-refractivity contribution in [2.45, 2.75) is 26.4 Å². The maximum absolute atomic E-state index is 13.2. The molecule has 1 fully saturated rings. The molecule has 5 rings (SSSR count). The summed E-state index contributed by atoms with van der Waals surface area (Å²) < 4.78 is 4.43. The first-order chi connectivity index (χ1) is 17.9. The fourth-order valence-electron chi connectivity index (χ4n) is 4.33. The lowest BCUT2D eigenvalue weighted by Gasteiger charge is -2.33. The summed E-state index contributed by atoms with van der Waals surface area (Å²) in [4.78, 5) is 43.6. The quantitative estimate of drug-likeness (QED) is 0.377. The molecule has 0 atom stereocenters. The van der Waals surface area contributed by atoms with Crippen LogP contribution in [0.25, 0.3) is 16.9 Å². The van der Waals surface area contributed by atoms with E-state index in [2.05, 4.69) is 48.8 Å². The average molecular weight is 503 g/mol. The molecule has 0 saturated carbocycles. The summed E-state index contributed by atoms with van der Waals surface area (Å²) in [6.07, 6.45) is 4.94. The van der Waals surface area contributed by atoms with Gasteiger partial charge in [0.1, 0.15) is 11.2 Å². The Kier molecular flexibility index (Phi) is 6.57. The van der Waals surface area contributed by atoms with Gasteiger partial charge in [0.15, 0.2) is 11.5 Å². The van der Waals surface area contributed by atoms with Gasteiger partial charge in [-0.25, -0.2) is 24.0 Å². The van der Waals surface area contributed by atoms with Crippen LogP contribution in [0.1, 0.15) is 19.9 Å². The van der Waals surface area contributed by atoms with Gasteiger partial charge in [-0.15, -0.1) is 11.7 Å². The molecular weight excluding hydrogens is 472 g/mol. The minimum Gasteiger partial charge on any atom is -0.368 e. The van der Waals surface area contributed by atoms with E-state index in [1.165, 1.54) is 21.6 Å². The molecule has 0 bridgehead atoms. The van der Waals surface area contributed by atoms with Crippen LogP contribution in [0.5, 0.6) is 0 Å². The van der Waals surface area contributed by atoms with Crippen molar-refractivity contribution in [1.82, 2.24) is 39.0 Å². The van der Waals surface area contributed by atoms with Gasteiger partial charge in [-0.3, -0.25) is 9.59 Å². The van der Waals surface area contributed by atoms with Crippen LogP contribution in [-0.4, -0.2) is 72.2 Å². The molecule has 1 saturated heterocycles. The molecular formula is C25H30N10O2. The van der Waals surface area contributed by atoms with Gasteiger partial charge in [-0.2, -0.15) is 4.98 Å². The monoisotopic (exact) mass is 502 g/mol. The normalized spacial score (nSPS) is 14.4. The third-order valence-electron chi connectivity index (χ3n) is 6.35. The SMILES string of the molecule is C=CCn1c(=O)c2cnc(Nc3ccc(N4CCN(C)CC4)cn3)nc2n1-c1ccc(=O)n(C(C)C)n1. The van der Waals surface area contributed by atoms with Gasteiger partial charge in [-0.05, 0) is 39.1 Å². The fraction of sp³-hybridized carbons (Fsp3) is 0.360. The first-order valence-electron chi connectivity index (χ1n) is 12.2. The van der Waals surface area contributed by atoms with E-state index < -0.39 is 0 Å². The molecule has 0 spiro atoms. The maximum Gasteiger partial charge on any atom is 0.278 e. The Balaban J connectivity index is 1.51. The number of nitrogens with zero attached hydrogens (tertiary/aromatic N) is 9. The predicted molar refractivity (Wildman–Crippen MR) is 143 cm³/mol. The van der Waals surface area contributed by atoms with Crippen LogP contribution in [0.3, 0.4) is 0 Å². The highest BCUT2D eigenvalue weighted by atomic mass is 16.1. The van der Waals surface area contributed by atoms with E-state index in [0.29, 0.717) is 22.7 Å². The van der Waals surface area contributed by atoms with Crippen LogP contribution >= 0.6 is 0 Å². The molecule has 5 heterocycles. The van der Waals surface area contributed by atoms with Crippen LogP contribution in [-0.2, 0) is 6.54 Å². The van der Waals surface area contributed by atoms with Crippen LogP contribution in [0.2, 0.25) is 0 Å². The first-order valence-corrected chi connectivity index (χ1v) is 12.2. The lowest BCUT2D eigenvalue weighted by atomic mass is 10.3. The summed E-state index contributed by atoms with van der Waals surface area (Å²) >= 11 is 0.